The number of hydrogen-bond acceptors (Lipinski definition) is 11. The number of cyclic esters (lactones) is 1. The van der Waals surface area contributed by atoms with Gasteiger partial charge in [0.15, 0.2) is 11.4 Å². The van der Waals surface area contributed by atoms with Crippen LogP contribution in [-0.2, 0) is 52.3 Å². The van der Waals surface area contributed by atoms with Gasteiger partial charge in [0.05, 0.1) is 24.7 Å². The van der Waals surface area contributed by atoms with Gasteiger partial charge in [-0.25, -0.2) is 4.79 Å². The Hall–Kier alpha value is -2.51. The quantitative estimate of drug-likeness (QED) is 0.0597. The zero-order valence-corrected chi connectivity index (χ0v) is 32.0. The molecule has 2 fully saturated rings. The molecule has 1 spiro atoms. The number of allylic oxidation sites excluding steroid dienone is 1. The van der Waals surface area contributed by atoms with Crippen molar-refractivity contribution < 1.29 is 52.3 Å². The van der Waals surface area contributed by atoms with Crippen LogP contribution in [0, 0.1) is 35.0 Å². The lowest BCUT2D eigenvalue weighted by Crippen LogP contribution is -2.55. The van der Waals surface area contributed by atoms with Crippen molar-refractivity contribution in [3.63, 3.8) is 0 Å². The van der Waals surface area contributed by atoms with Crippen molar-refractivity contribution in [1.82, 2.24) is 0 Å². The van der Waals surface area contributed by atoms with E-state index in [2.05, 4.69) is 38.4 Å². The predicted octanol–water partition coefficient (Wildman–Crippen LogP) is 6.31. The molecule has 5 aliphatic rings. The van der Waals surface area contributed by atoms with Crippen molar-refractivity contribution in [2.75, 3.05) is 34.4 Å². The minimum Gasteiger partial charge on any atom is -0.493 e. The molecule has 2 bridgehead atoms. The highest BCUT2D eigenvalue weighted by Crippen LogP contribution is 2.56. The van der Waals surface area contributed by atoms with E-state index < -0.39 is 43.1 Å². The second-order valence-corrected chi connectivity index (χ2v) is 21.8. The molecule has 50 heavy (non-hydrogen) atoms. The second-order valence-electron chi connectivity index (χ2n) is 16.2. The number of ether oxygens (including phenoxy) is 8. The van der Waals surface area contributed by atoms with E-state index in [1.54, 1.807) is 13.2 Å². The van der Waals surface area contributed by atoms with E-state index >= 15 is 0 Å². The SMILES string of the molecule is C=CC1OC(=O)CCC[C@@H]2C=C[C@@H]3[C@@H](OCOC)CCC[C@H]3[C@]2(C)C(=O)OC2=C(OC)[C@@]3(C[C@@H](C)[C@H](OCOCC[Si](C)(C)C)CC13)OC2=O. The van der Waals surface area contributed by atoms with Crippen LogP contribution in [0.3, 0.4) is 0 Å². The normalized spacial score (nSPS) is 37.8. The minimum absolute atomic E-state index is 0.0392. The van der Waals surface area contributed by atoms with Crippen molar-refractivity contribution >= 4 is 26.0 Å². The average molecular weight is 719 g/mol. The Labute approximate surface area is 298 Å². The molecule has 280 valence electrons. The molecule has 11 nitrogen and oxygen atoms in total. The number of carbonyl (C=O) groups excluding carboxylic acids is 3. The van der Waals surface area contributed by atoms with Crippen LogP contribution in [0.25, 0.3) is 0 Å². The molecule has 3 aliphatic carbocycles. The van der Waals surface area contributed by atoms with Crippen molar-refractivity contribution in [1.29, 1.82) is 0 Å². The summed E-state index contributed by atoms with van der Waals surface area (Å²) >= 11 is 0. The second kappa shape index (κ2) is 16.0. The number of fused-ring (bicyclic) bond motifs is 3. The summed E-state index contributed by atoms with van der Waals surface area (Å²) < 4.78 is 48.0. The minimum atomic E-state index is -1.37. The lowest BCUT2D eigenvalue weighted by atomic mass is 9.55. The molecule has 0 aromatic heterocycles. The van der Waals surface area contributed by atoms with Gasteiger partial charge >= 0.3 is 17.9 Å². The molecule has 0 saturated heterocycles. The van der Waals surface area contributed by atoms with Crippen LogP contribution in [0.2, 0.25) is 25.7 Å². The first kappa shape index (κ1) is 38.7. The van der Waals surface area contributed by atoms with Crippen LogP contribution in [0.15, 0.2) is 36.3 Å². The maximum absolute atomic E-state index is 14.6. The van der Waals surface area contributed by atoms with E-state index in [1.807, 2.05) is 13.8 Å². The molecule has 0 aromatic rings. The standard InChI is InChI=1S/C38H58O11Si/c1-9-29-28-20-31(46-23-44-18-19-50(6,7)8)24(2)21-38(28)34(43-5)33(35(40)49-38)48-36(41)37(3)25(12-10-15-32(39)47-29)16-17-26-27(37)13-11-14-30(26)45-22-42-4/h9,16-17,24-31H,1,10-15,18-23H2,2-8H3/t24-,25-,26+,27-,28?,29?,30+,31-,37-,38+/m1/s1. The van der Waals surface area contributed by atoms with Crippen LogP contribution in [-0.4, -0.2) is 84.3 Å². The van der Waals surface area contributed by atoms with E-state index in [1.165, 1.54) is 7.11 Å². The lowest BCUT2D eigenvalue weighted by molar-refractivity contribution is -0.193. The Morgan fingerprint density at radius 1 is 1.00 bits per heavy atom. The van der Waals surface area contributed by atoms with Crippen LogP contribution < -0.4 is 0 Å². The lowest BCUT2D eigenvalue weighted by Gasteiger charge is -2.50. The summed E-state index contributed by atoms with van der Waals surface area (Å²) in [6.45, 7) is 15.8. The average Bonchev–Trinajstić information content (AvgIpc) is 3.32. The van der Waals surface area contributed by atoms with E-state index in [4.69, 9.17) is 37.9 Å². The number of carbonyl (C=O) groups is 3. The topological polar surface area (TPSA) is 125 Å². The van der Waals surface area contributed by atoms with Crippen molar-refractivity contribution in [2.45, 2.75) is 115 Å². The van der Waals surface area contributed by atoms with Crippen LogP contribution in [0.5, 0.6) is 0 Å². The van der Waals surface area contributed by atoms with Gasteiger partial charge in [0.25, 0.3) is 5.76 Å². The molecule has 0 N–H and O–H groups in total. The van der Waals surface area contributed by atoms with Crippen LogP contribution in [0.1, 0.15) is 65.2 Å². The molecule has 12 heteroatoms. The first-order chi connectivity index (χ1) is 23.8. The fourth-order valence-corrected chi connectivity index (χ4v) is 9.77. The van der Waals surface area contributed by atoms with Crippen molar-refractivity contribution in [3.8, 4) is 0 Å². The van der Waals surface area contributed by atoms with E-state index in [-0.39, 0.29) is 73.4 Å². The number of methoxy groups -OCH3 is 2. The third-order valence-corrected chi connectivity index (χ3v) is 13.5. The Morgan fingerprint density at radius 3 is 2.46 bits per heavy atom. The van der Waals surface area contributed by atoms with Gasteiger partial charge in [0, 0.05) is 46.5 Å². The van der Waals surface area contributed by atoms with Gasteiger partial charge in [0.1, 0.15) is 19.7 Å². The number of esters is 3. The maximum Gasteiger partial charge on any atom is 0.379 e. The highest BCUT2D eigenvalue weighted by molar-refractivity contribution is 6.76. The number of hydrogen-bond donors (Lipinski definition) is 0. The van der Waals surface area contributed by atoms with Crippen molar-refractivity contribution in [2.24, 2.45) is 35.0 Å². The monoisotopic (exact) mass is 718 g/mol. The first-order valence-electron chi connectivity index (χ1n) is 18.3. The summed E-state index contributed by atoms with van der Waals surface area (Å²) in [6.07, 6.45) is 8.96. The highest BCUT2D eigenvalue weighted by Gasteiger charge is 2.63. The number of rotatable bonds is 11. The van der Waals surface area contributed by atoms with E-state index in [9.17, 15) is 14.4 Å². The molecule has 2 saturated carbocycles. The fourth-order valence-electron chi connectivity index (χ4n) is 9.01. The van der Waals surface area contributed by atoms with Crippen molar-refractivity contribution in [3.05, 3.63) is 36.3 Å². The molecular weight excluding hydrogens is 660 g/mol. The van der Waals surface area contributed by atoms with Gasteiger partial charge in [-0.1, -0.05) is 57.8 Å². The summed E-state index contributed by atoms with van der Waals surface area (Å²) in [5.41, 5.74) is -2.39. The highest BCUT2D eigenvalue weighted by atomic mass is 28.3. The van der Waals surface area contributed by atoms with Crippen LogP contribution in [0.4, 0.5) is 0 Å². The largest absolute Gasteiger partial charge is 0.493 e. The molecule has 5 rings (SSSR count). The van der Waals surface area contributed by atoms with Crippen LogP contribution >= 0.6 is 0 Å². The van der Waals surface area contributed by atoms with Gasteiger partial charge < -0.3 is 37.9 Å². The Morgan fingerprint density at radius 2 is 1.76 bits per heavy atom. The van der Waals surface area contributed by atoms with E-state index in [0.29, 0.717) is 32.3 Å². The molecule has 0 radical (unpaired) electrons. The molecule has 0 aromatic carbocycles. The van der Waals surface area contributed by atoms with Gasteiger partial charge in [-0.2, -0.15) is 0 Å². The summed E-state index contributed by atoms with van der Waals surface area (Å²) in [5.74, 6) is -2.91. The molecule has 10 atom stereocenters. The zero-order chi connectivity index (χ0) is 36.3. The molecule has 2 heterocycles. The summed E-state index contributed by atoms with van der Waals surface area (Å²) in [5, 5.41) is 0. The molecule has 2 unspecified atom stereocenters. The Balaban J connectivity index is 1.49. The maximum atomic E-state index is 14.6. The summed E-state index contributed by atoms with van der Waals surface area (Å²) in [4.78, 5) is 42.0. The van der Waals surface area contributed by atoms with Gasteiger partial charge in [-0.05, 0) is 62.8 Å². The molecular formula is C38H58O11Si. The van der Waals surface area contributed by atoms with Gasteiger partial charge in [-0.3, -0.25) is 9.59 Å². The van der Waals surface area contributed by atoms with Gasteiger partial charge in [-0.15, -0.1) is 0 Å². The third kappa shape index (κ3) is 7.79. The summed E-state index contributed by atoms with van der Waals surface area (Å²) in [7, 11) is 1.78. The predicted molar refractivity (Wildman–Crippen MR) is 187 cm³/mol. The van der Waals surface area contributed by atoms with E-state index in [0.717, 1.165) is 25.3 Å². The Kier molecular flexibility index (Phi) is 12.4. The van der Waals surface area contributed by atoms with Gasteiger partial charge in [0.2, 0.25) is 0 Å². The smallest absolute Gasteiger partial charge is 0.379 e. The zero-order valence-electron chi connectivity index (χ0n) is 31.0. The summed E-state index contributed by atoms with van der Waals surface area (Å²) in [6, 6.07) is 1.02. The first-order valence-corrected chi connectivity index (χ1v) is 22.0. The third-order valence-electron chi connectivity index (χ3n) is 11.8. The molecule has 0 amide bonds. The Bertz CT molecular complexity index is 1320. The fraction of sp³-hybridized carbons (Fsp3) is 0.763. The molecule has 2 aliphatic heterocycles.